The maximum atomic E-state index is 12.7. The molecule has 0 amide bonds. The van der Waals surface area contributed by atoms with Gasteiger partial charge in [-0.15, -0.1) is 0 Å². The summed E-state index contributed by atoms with van der Waals surface area (Å²) in [5, 5.41) is 1.13. The third-order valence-electron chi connectivity index (χ3n) is 4.93. The van der Waals surface area contributed by atoms with Gasteiger partial charge in [-0.3, -0.25) is 0 Å². The minimum absolute atomic E-state index is 0.311. The number of rotatable bonds is 7. The summed E-state index contributed by atoms with van der Waals surface area (Å²) in [6.45, 7) is 2.11. The Labute approximate surface area is 207 Å². The normalized spacial score (nSPS) is 10.6. The predicted molar refractivity (Wildman–Crippen MR) is 139 cm³/mol. The van der Waals surface area contributed by atoms with Gasteiger partial charge >= 0.3 is 5.97 Å². The Morgan fingerprint density at radius 2 is 1.33 bits per heavy atom. The average Bonchev–Trinajstić information content (AvgIpc) is 2.83. The minimum atomic E-state index is -0.354. The van der Waals surface area contributed by atoms with Crippen molar-refractivity contribution in [2.45, 2.75) is 11.8 Å². The lowest BCUT2D eigenvalue weighted by Crippen LogP contribution is -2.06. The summed E-state index contributed by atoms with van der Waals surface area (Å²) < 4.78 is 8.81. The van der Waals surface area contributed by atoms with Crippen LogP contribution in [0.1, 0.15) is 17.3 Å². The molecule has 4 aromatic rings. The molecular weight excluding hydrogens is 473 g/mol. The molecule has 166 valence electrons. The van der Waals surface area contributed by atoms with Crippen molar-refractivity contribution in [3.05, 3.63) is 107 Å². The molecule has 0 fully saturated rings. The molecule has 0 radical (unpaired) electrons. The van der Waals surface area contributed by atoms with Crippen LogP contribution in [-0.2, 0) is 4.74 Å². The molecule has 4 rings (SSSR count). The highest BCUT2D eigenvalue weighted by atomic mass is 35.5. The fourth-order valence-corrected chi connectivity index (χ4v) is 4.94. The Morgan fingerprint density at radius 3 is 1.82 bits per heavy atom. The molecule has 0 atom stereocenters. The molecule has 33 heavy (non-hydrogen) atoms. The predicted octanol–water partition coefficient (Wildman–Crippen LogP) is 8.62. The summed E-state index contributed by atoms with van der Waals surface area (Å²) in [6.07, 6.45) is 0. The lowest BCUT2D eigenvalue weighted by Gasteiger charge is -2.19. The van der Waals surface area contributed by atoms with Gasteiger partial charge in [0.1, 0.15) is 0 Å². The van der Waals surface area contributed by atoms with Gasteiger partial charge in [0, 0.05) is 26.1 Å². The number of hydrogen-bond acceptors (Lipinski definition) is 4. The van der Waals surface area contributed by atoms with E-state index < -0.39 is 0 Å². The second-order valence-corrected chi connectivity index (χ2v) is 8.96. The van der Waals surface area contributed by atoms with Crippen molar-refractivity contribution in [3.8, 4) is 22.3 Å². The molecule has 0 aromatic heterocycles. The van der Waals surface area contributed by atoms with Gasteiger partial charge in [0.25, 0.3) is 0 Å². The minimum Gasteiger partial charge on any atom is -0.462 e. The molecule has 0 aliphatic heterocycles. The maximum Gasteiger partial charge on any atom is 0.338 e. The van der Waals surface area contributed by atoms with Crippen LogP contribution in [-0.4, -0.2) is 12.6 Å². The fourth-order valence-electron chi connectivity index (χ4n) is 3.47. The van der Waals surface area contributed by atoms with E-state index in [1.54, 1.807) is 13.0 Å². The highest BCUT2D eigenvalue weighted by Gasteiger charge is 2.18. The molecular formula is C27H21Cl2NO2S. The van der Waals surface area contributed by atoms with Gasteiger partial charge in [0.05, 0.1) is 17.9 Å². The zero-order valence-corrected chi connectivity index (χ0v) is 20.2. The number of benzene rings is 4. The van der Waals surface area contributed by atoms with Gasteiger partial charge in [0.2, 0.25) is 0 Å². The number of carbonyl (C=O) groups excluding carboxylic acids is 1. The SMILES string of the molecule is CCOC(=O)c1cc(-c2ccccc2)c(NSc2cc(Cl)cc(Cl)c2)c(-c2ccccc2)c1. The molecule has 0 saturated heterocycles. The van der Waals surface area contributed by atoms with Crippen LogP contribution in [0, 0.1) is 0 Å². The van der Waals surface area contributed by atoms with Gasteiger partial charge in [-0.2, -0.15) is 0 Å². The molecule has 0 spiro atoms. The lowest BCUT2D eigenvalue weighted by atomic mass is 9.93. The van der Waals surface area contributed by atoms with Gasteiger partial charge in [-0.1, -0.05) is 83.9 Å². The zero-order chi connectivity index (χ0) is 23.2. The first-order valence-corrected chi connectivity index (χ1v) is 12.0. The van der Waals surface area contributed by atoms with Crippen molar-refractivity contribution in [2.24, 2.45) is 0 Å². The van der Waals surface area contributed by atoms with E-state index >= 15 is 0 Å². The van der Waals surface area contributed by atoms with E-state index in [9.17, 15) is 4.79 Å². The lowest BCUT2D eigenvalue weighted by molar-refractivity contribution is 0.0526. The molecule has 0 aliphatic carbocycles. The smallest absolute Gasteiger partial charge is 0.338 e. The standard InChI is InChI=1S/C27H21Cl2NO2S/c1-2-32-27(31)20-13-24(18-9-5-3-6-10-18)26(25(14-20)19-11-7-4-8-12-19)30-33-23-16-21(28)15-22(29)17-23/h3-17,30H,2H2,1H3. The van der Waals surface area contributed by atoms with Gasteiger partial charge < -0.3 is 9.46 Å². The molecule has 6 heteroatoms. The molecule has 3 nitrogen and oxygen atoms in total. The quantitative estimate of drug-likeness (QED) is 0.206. The average molecular weight is 494 g/mol. The third kappa shape index (κ3) is 5.72. The van der Waals surface area contributed by atoms with Crippen molar-refractivity contribution in [2.75, 3.05) is 11.3 Å². The van der Waals surface area contributed by atoms with Gasteiger partial charge in [-0.25, -0.2) is 4.79 Å². The highest BCUT2D eigenvalue weighted by Crippen LogP contribution is 2.41. The third-order valence-corrected chi connectivity index (χ3v) is 6.14. The van der Waals surface area contributed by atoms with Crippen LogP contribution in [0.2, 0.25) is 10.0 Å². The summed E-state index contributed by atoms with van der Waals surface area (Å²) in [5.74, 6) is -0.354. The molecule has 4 aromatic carbocycles. The van der Waals surface area contributed by atoms with Crippen molar-refractivity contribution < 1.29 is 9.53 Å². The van der Waals surface area contributed by atoms with Crippen LogP contribution < -0.4 is 4.72 Å². The van der Waals surface area contributed by atoms with E-state index in [2.05, 4.69) is 4.72 Å². The first-order valence-electron chi connectivity index (χ1n) is 10.4. The first kappa shape index (κ1) is 23.2. The Bertz CT molecular complexity index is 1180. The molecule has 0 saturated carbocycles. The Kier molecular flexibility index (Phi) is 7.61. The van der Waals surface area contributed by atoms with Crippen LogP contribution in [0.3, 0.4) is 0 Å². The van der Waals surface area contributed by atoms with Crippen LogP contribution in [0.5, 0.6) is 0 Å². The second-order valence-electron chi connectivity index (χ2n) is 7.21. The number of hydrogen-bond donors (Lipinski definition) is 1. The summed E-state index contributed by atoms with van der Waals surface area (Å²) in [4.78, 5) is 13.6. The Morgan fingerprint density at radius 1 is 0.818 bits per heavy atom. The largest absolute Gasteiger partial charge is 0.462 e. The van der Waals surface area contributed by atoms with E-state index in [-0.39, 0.29) is 5.97 Å². The van der Waals surface area contributed by atoms with Gasteiger partial charge in [-0.05, 0) is 60.3 Å². The second kappa shape index (κ2) is 10.8. The number of carbonyl (C=O) groups is 1. The molecule has 0 bridgehead atoms. The van der Waals surface area contributed by atoms with Crippen molar-refractivity contribution in [1.29, 1.82) is 0 Å². The van der Waals surface area contributed by atoms with Crippen molar-refractivity contribution in [1.82, 2.24) is 0 Å². The summed E-state index contributed by atoms with van der Waals surface area (Å²) >= 11 is 13.8. The number of halogens is 2. The van der Waals surface area contributed by atoms with Crippen molar-refractivity contribution >= 4 is 46.8 Å². The van der Waals surface area contributed by atoms with E-state index in [1.165, 1.54) is 11.9 Å². The molecule has 0 unspecified atom stereocenters. The van der Waals surface area contributed by atoms with E-state index in [0.717, 1.165) is 32.8 Å². The topological polar surface area (TPSA) is 38.3 Å². The van der Waals surface area contributed by atoms with Crippen LogP contribution in [0.4, 0.5) is 5.69 Å². The number of ether oxygens (including phenoxy) is 1. The highest BCUT2D eigenvalue weighted by molar-refractivity contribution is 8.00. The first-order chi connectivity index (χ1) is 16.0. The van der Waals surface area contributed by atoms with Crippen LogP contribution in [0.15, 0.2) is 95.9 Å². The number of esters is 1. The van der Waals surface area contributed by atoms with E-state index in [4.69, 9.17) is 27.9 Å². The number of nitrogens with one attached hydrogen (secondary N) is 1. The maximum absolute atomic E-state index is 12.7. The zero-order valence-electron chi connectivity index (χ0n) is 17.8. The van der Waals surface area contributed by atoms with Crippen LogP contribution in [0.25, 0.3) is 22.3 Å². The summed E-state index contributed by atoms with van der Waals surface area (Å²) in [5.41, 5.74) is 5.11. The molecule has 0 heterocycles. The van der Waals surface area contributed by atoms with E-state index in [0.29, 0.717) is 22.2 Å². The monoisotopic (exact) mass is 493 g/mol. The Hall–Kier alpha value is -2.92. The summed E-state index contributed by atoms with van der Waals surface area (Å²) in [6, 6.07) is 29.0. The molecule has 1 N–H and O–H groups in total. The number of anilines is 1. The van der Waals surface area contributed by atoms with Crippen LogP contribution >= 0.6 is 35.1 Å². The van der Waals surface area contributed by atoms with Crippen molar-refractivity contribution in [3.63, 3.8) is 0 Å². The van der Waals surface area contributed by atoms with E-state index in [1.807, 2.05) is 84.9 Å². The Balaban J connectivity index is 1.88. The van der Waals surface area contributed by atoms with Gasteiger partial charge in [0.15, 0.2) is 0 Å². The summed E-state index contributed by atoms with van der Waals surface area (Å²) in [7, 11) is 0. The fraction of sp³-hybridized carbons (Fsp3) is 0.0741. The molecule has 0 aliphatic rings.